The summed E-state index contributed by atoms with van der Waals surface area (Å²) < 4.78 is 14.6. The Morgan fingerprint density at radius 2 is 1.90 bits per heavy atom. The Labute approximate surface area is 134 Å². The van der Waals surface area contributed by atoms with Crippen LogP contribution in [-0.2, 0) is 6.42 Å². The lowest BCUT2D eigenvalue weighted by Gasteiger charge is -2.20. The van der Waals surface area contributed by atoms with Crippen molar-refractivity contribution >= 4 is 15.9 Å². The largest absolute Gasteiger partial charge is 0.310 e. The van der Waals surface area contributed by atoms with Crippen LogP contribution in [0.1, 0.15) is 35.2 Å². The molecule has 0 amide bonds. The second-order valence-corrected chi connectivity index (χ2v) is 6.36. The predicted molar refractivity (Wildman–Crippen MR) is 90.1 cm³/mol. The van der Waals surface area contributed by atoms with E-state index in [1.165, 1.54) is 17.2 Å². The highest BCUT2D eigenvalue weighted by Crippen LogP contribution is 2.25. The number of aryl methyl sites for hydroxylation is 2. The first-order chi connectivity index (χ1) is 9.99. The fourth-order valence-electron chi connectivity index (χ4n) is 2.60. The SMILES string of the molecule is CCNC(Cc1cc(F)ccc1C)c1cc(C)cc(Br)c1. The number of nitrogens with one attached hydrogen (secondary N) is 1. The Hall–Kier alpha value is -1.19. The van der Waals surface area contributed by atoms with Crippen molar-refractivity contribution in [2.24, 2.45) is 0 Å². The minimum absolute atomic E-state index is 0.170. The van der Waals surface area contributed by atoms with Gasteiger partial charge in [-0.05, 0) is 73.3 Å². The average molecular weight is 350 g/mol. The van der Waals surface area contributed by atoms with E-state index < -0.39 is 0 Å². The summed E-state index contributed by atoms with van der Waals surface area (Å²) >= 11 is 3.56. The van der Waals surface area contributed by atoms with Crippen LogP contribution in [0.15, 0.2) is 40.9 Å². The summed E-state index contributed by atoms with van der Waals surface area (Å²) in [7, 11) is 0. The molecule has 0 saturated heterocycles. The van der Waals surface area contributed by atoms with Crippen LogP contribution in [0, 0.1) is 19.7 Å². The minimum atomic E-state index is -0.170. The summed E-state index contributed by atoms with van der Waals surface area (Å²) in [4.78, 5) is 0. The normalized spacial score (nSPS) is 12.4. The molecule has 1 nitrogen and oxygen atoms in total. The van der Waals surface area contributed by atoms with Crippen LogP contribution in [0.5, 0.6) is 0 Å². The third kappa shape index (κ3) is 4.39. The molecule has 0 heterocycles. The van der Waals surface area contributed by atoms with Gasteiger partial charge in [-0.3, -0.25) is 0 Å². The lowest BCUT2D eigenvalue weighted by Crippen LogP contribution is -2.23. The molecule has 0 bridgehead atoms. The monoisotopic (exact) mass is 349 g/mol. The van der Waals surface area contributed by atoms with Crippen molar-refractivity contribution in [2.75, 3.05) is 6.54 Å². The third-order valence-electron chi connectivity index (χ3n) is 3.65. The molecule has 0 saturated carbocycles. The van der Waals surface area contributed by atoms with Gasteiger partial charge in [0, 0.05) is 10.5 Å². The van der Waals surface area contributed by atoms with Gasteiger partial charge in [0.1, 0.15) is 5.82 Å². The van der Waals surface area contributed by atoms with Crippen molar-refractivity contribution in [3.05, 3.63) is 68.9 Å². The van der Waals surface area contributed by atoms with E-state index in [1.54, 1.807) is 6.07 Å². The van der Waals surface area contributed by atoms with E-state index in [0.717, 1.165) is 28.6 Å². The molecule has 1 atom stereocenters. The highest BCUT2D eigenvalue weighted by Gasteiger charge is 2.14. The molecule has 2 aromatic rings. The van der Waals surface area contributed by atoms with E-state index in [2.05, 4.69) is 53.3 Å². The summed E-state index contributed by atoms with van der Waals surface area (Å²) in [5.74, 6) is -0.170. The maximum absolute atomic E-state index is 13.5. The van der Waals surface area contributed by atoms with E-state index in [4.69, 9.17) is 0 Å². The maximum atomic E-state index is 13.5. The fourth-order valence-corrected chi connectivity index (χ4v) is 3.23. The predicted octanol–water partition coefficient (Wildman–Crippen LogP) is 5.10. The second-order valence-electron chi connectivity index (χ2n) is 5.45. The maximum Gasteiger partial charge on any atom is 0.123 e. The van der Waals surface area contributed by atoms with Crippen LogP contribution in [0.25, 0.3) is 0 Å². The van der Waals surface area contributed by atoms with Crippen LogP contribution in [-0.4, -0.2) is 6.54 Å². The molecule has 3 heteroatoms. The average Bonchev–Trinajstić information content (AvgIpc) is 2.41. The summed E-state index contributed by atoms with van der Waals surface area (Å²) in [6, 6.07) is 11.6. The summed E-state index contributed by atoms with van der Waals surface area (Å²) in [5, 5.41) is 3.51. The molecule has 21 heavy (non-hydrogen) atoms. The molecule has 0 spiro atoms. The molecule has 0 aromatic heterocycles. The number of hydrogen-bond acceptors (Lipinski definition) is 1. The van der Waals surface area contributed by atoms with Gasteiger partial charge < -0.3 is 5.32 Å². The van der Waals surface area contributed by atoms with Crippen molar-refractivity contribution in [1.82, 2.24) is 5.32 Å². The van der Waals surface area contributed by atoms with Gasteiger partial charge in [0.2, 0.25) is 0 Å². The van der Waals surface area contributed by atoms with Gasteiger partial charge in [-0.1, -0.05) is 35.0 Å². The van der Waals surface area contributed by atoms with Crippen LogP contribution < -0.4 is 5.32 Å². The first kappa shape index (κ1) is 16.2. The third-order valence-corrected chi connectivity index (χ3v) is 4.11. The fraction of sp³-hybridized carbons (Fsp3) is 0.333. The van der Waals surface area contributed by atoms with Crippen molar-refractivity contribution in [1.29, 1.82) is 0 Å². The molecule has 2 rings (SSSR count). The van der Waals surface area contributed by atoms with Gasteiger partial charge in [-0.25, -0.2) is 4.39 Å². The van der Waals surface area contributed by atoms with E-state index >= 15 is 0 Å². The van der Waals surface area contributed by atoms with E-state index in [1.807, 2.05) is 13.0 Å². The topological polar surface area (TPSA) is 12.0 Å². The van der Waals surface area contributed by atoms with Gasteiger partial charge in [-0.2, -0.15) is 0 Å². The summed E-state index contributed by atoms with van der Waals surface area (Å²) in [6.45, 7) is 7.09. The number of likely N-dealkylation sites (N-methyl/N-ethyl adjacent to an activating group) is 1. The van der Waals surface area contributed by atoms with Gasteiger partial charge in [0.15, 0.2) is 0 Å². The molecule has 0 aliphatic heterocycles. The number of halogens is 2. The molecule has 112 valence electrons. The Balaban J connectivity index is 2.32. The van der Waals surface area contributed by atoms with Crippen LogP contribution in [0.4, 0.5) is 4.39 Å². The first-order valence-corrected chi connectivity index (χ1v) is 8.04. The lowest BCUT2D eigenvalue weighted by molar-refractivity contribution is 0.545. The molecule has 1 N–H and O–H groups in total. The quantitative estimate of drug-likeness (QED) is 0.791. The van der Waals surface area contributed by atoms with Crippen LogP contribution >= 0.6 is 15.9 Å². The summed E-state index contributed by atoms with van der Waals surface area (Å²) in [5.41, 5.74) is 4.63. The molecular formula is C18H21BrFN. The zero-order valence-corrected chi connectivity index (χ0v) is 14.3. The zero-order chi connectivity index (χ0) is 15.4. The smallest absolute Gasteiger partial charge is 0.123 e. The lowest BCUT2D eigenvalue weighted by atomic mass is 9.95. The summed E-state index contributed by atoms with van der Waals surface area (Å²) in [6.07, 6.45) is 0.785. The first-order valence-electron chi connectivity index (χ1n) is 7.25. The van der Waals surface area contributed by atoms with Crippen molar-refractivity contribution in [2.45, 2.75) is 33.2 Å². The Morgan fingerprint density at radius 1 is 1.14 bits per heavy atom. The van der Waals surface area contributed by atoms with Crippen molar-refractivity contribution in [3.8, 4) is 0 Å². The van der Waals surface area contributed by atoms with Gasteiger partial charge >= 0.3 is 0 Å². The Bertz CT molecular complexity index is 604. The minimum Gasteiger partial charge on any atom is -0.310 e. The number of benzene rings is 2. The standard InChI is InChI=1S/C18H21BrFN/c1-4-21-18(15-7-12(2)8-16(19)9-15)11-14-10-17(20)6-5-13(14)3/h5-10,18,21H,4,11H2,1-3H3. The highest BCUT2D eigenvalue weighted by molar-refractivity contribution is 9.10. The zero-order valence-electron chi connectivity index (χ0n) is 12.7. The van der Waals surface area contributed by atoms with Gasteiger partial charge in [0.25, 0.3) is 0 Å². The van der Waals surface area contributed by atoms with Gasteiger partial charge in [-0.15, -0.1) is 0 Å². The van der Waals surface area contributed by atoms with Crippen molar-refractivity contribution in [3.63, 3.8) is 0 Å². The highest BCUT2D eigenvalue weighted by atomic mass is 79.9. The number of hydrogen-bond donors (Lipinski definition) is 1. The molecular weight excluding hydrogens is 329 g/mol. The van der Waals surface area contributed by atoms with Crippen LogP contribution in [0.2, 0.25) is 0 Å². The molecule has 0 aliphatic rings. The molecule has 0 fully saturated rings. The van der Waals surface area contributed by atoms with Crippen LogP contribution in [0.3, 0.4) is 0 Å². The van der Waals surface area contributed by atoms with E-state index in [0.29, 0.717) is 0 Å². The van der Waals surface area contributed by atoms with E-state index in [9.17, 15) is 4.39 Å². The molecule has 2 aromatic carbocycles. The van der Waals surface area contributed by atoms with Gasteiger partial charge in [0.05, 0.1) is 0 Å². The number of rotatable bonds is 5. The van der Waals surface area contributed by atoms with E-state index in [-0.39, 0.29) is 11.9 Å². The second kappa shape index (κ2) is 7.19. The Kier molecular flexibility index (Phi) is 5.54. The molecule has 0 radical (unpaired) electrons. The molecule has 0 aliphatic carbocycles. The molecule has 1 unspecified atom stereocenters. The Morgan fingerprint density at radius 3 is 2.57 bits per heavy atom. The van der Waals surface area contributed by atoms with Crippen molar-refractivity contribution < 1.29 is 4.39 Å².